The first-order valence-corrected chi connectivity index (χ1v) is 8.30. The molecule has 0 unspecified atom stereocenters. The molecule has 0 spiro atoms. The second-order valence-electron chi connectivity index (χ2n) is 6.46. The summed E-state index contributed by atoms with van der Waals surface area (Å²) in [6.45, 7) is 2.19. The average molecular weight is 381 g/mol. The summed E-state index contributed by atoms with van der Waals surface area (Å²) in [7, 11) is 1.31. The Kier molecular flexibility index (Phi) is 7.30. The predicted molar refractivity (Wildman–Crippen MR) is 83.6 cm³/mol. The minimum atomic E-state index is -1.59. The van der Waals surface area contributed by atoms with Gasteiger partial charge >= 0.3 is 0 Å². The Labute approximate surface area is 150 Å². The summed E-state index contributed by atoms with van der Waals surface area (Å²) in [5.74, 6) is -0.443. The first-order chi connectivity index (χ1) is 12.2. The number of nitrogens with one attached hydrogen (secondary N) is 1. The minimum Gasteiger partial charge on any atom is -0.394 e. The van der Waals surface area contributed by atoms with Gasteiger partial charge in [0.05, 0.1) is 12.7 Å². The van der Waals surface area contributed by atoms with Gasteiger partial charge < -0.3 is 49.8 Å². The summed E-state index contributed by atoms with van der Waals surface area (Å²) in [6.07, 6.45) is -11.3. The van der Waals surface area contributed by atoms with Crippen LogP contribution in [0.3, 0.4) is 0 Å². The van der Waals surface area contributed by atoms with Crippen LogP contribution in [-0.4, -0.2) is 107 Å². The lowest BCUT2D eigenvalue weighted by atomic mass is 9.95. The van der Waals surface area contributed by atoms with Gasteiger partial charge in [0.25, 0.3) is 0 Å². The highest BCUT2D eigenvalue weighted by Crippen LogP contribution is 2.29. The molecule has 2 aliphatic rings. The smallest absolute Gasteiger partial charge is 0.217 e. The fourth-order valence-electron chi connectivity index (χ4n) is 3.11. The summed E-state index contributed by atoms with van der Waals surface area (Å²) in [5, 5.41) is 52.3. The molecule has 0 aliphatic carbocycles. The monoisotopic (exact) mass is 381 g/mol. The zero-order valence-electron chi connectivity index (χ0n) is 14.8. The standard InChI is InChI=1S/C15H27NO10/c1-5-9(19)11(21)12(22)15(24-5)26-13-7(4-17)25-14(23-3)8(10(13)20)16-6(2)18/h5,7-15,17,19-22H,4H2,1-3H3,(H,16,18)/t5-,7-,8-,9+,10-,11+,12-,13-,14-,15-/m1/s1. The van der Waals surface area contributed by atoms with Crippen molar-refractivity contribution < 1.29 is 49.3 Å². The number of carbonyl (C=O) groups excluding carboxylic acids is 1. The van der Waals surface area contributed by atoms with E-state index in [-0.39, 0.29) is 0 Å². The van der Waals surface area contributed by atoms with Gasteiger partial charge in [0.1, 0.15) is 42.7 Å². The Morgan fingerprint density at radius 3 is 2.23 bits per heavy atom. The van der Waals surface area contributed by atoms with E-state index in [0.717, 1.165) is 0 Å². The maximum absolute atomic E-state index is 11.4. The molecule has 152 valence electrons. The van der Waals surface area contributed by atoms with Crippen molar-refractivity contribution in [2.45, 2.75) is 75.2 Å². The highest BCUT2D eigenvalue weighted by Gasteiger charge is 2.50. The maximum Gasteiger partial charge on any atom is 0.217 e. The lowest BCUT2D eigenvalue weighted by molar-refractivity contribution is -0.343. The van der Waals surface area contributed by atoms with Crippen molar-refractivity contribution in [3.8, 4) is 0 Å². The van der Waals surface area contributed by atoms with Crippen molar-refractivity contribution in [3.63, 3.8) is 0 Å². The molecule has 0 bridgehead atoms. The number of rotatable bonds is 5. The molecule has 1 amide bonds. The number of amides is 1. The molecule has 2 saturated heterocycles. The van der Waals surface area contributed by atoms with Gasteiger partial charge in [0.2, 0.25) is 5.91 Å². The highest BCUT2D eigenvalue weighted by molar-refractivity contribution is 5.73. The van der Waals surface area contributed by atoms with Crippen LogP contribution in [0.4, 0.5) is 0 Å². The Morgan fingerprint density at radius 2 is 1.69 bits per heavy atom. The van der Waals surface area contributed by atoms with Crippen LogP contribution in [0, 0.1) is 0 Å². The van der Waals surface area contributed by atoms with Gasteiger partial charge in [-0.2, -0.15) is 0 Å². The number of hydrogen-bond acceptors (Lipinski definition) is 10. The van der Waals surface area contributed by atoms with Crippen molar-refractivity contribution in [2.24, 2.45) is 0 Å². The minimum absolute atomic E-state index is 0.443. The van der Waals surface area contributed by atoms with Crippen LogP contribution in [0.15, 0.2) is 0 Å². The van der Waals surface area contributed by atoms with E-state index < -0.39 is 73.9 Å². The summed E-state index contributed by atoms with van der Waals surface area (Å²) < 4.78 is 21.5. The molecule has 26 heavy (non-hydrogen) atoms. The zero-order chi connectivity index (χ0) is 19.6. The maximum atomic E-state index is 11.4. The van der Waals surface area contributed by atoms with Crippen molar-refractivity contribution in [2.75, 3.05) is 13.7 Å². The number of methoxy groups -OCH3 is 1. The largest absolute Gasteiger partial charge is 0.394 e. The van der Waals surface area contributed by atoms with Gasteiger partial charge in [-0.15, -0.1) is 0 Å². The van der Waals surface area contributed by atoms with Crippen molar-refractivity contribution in [3.05, 3.63) is 0 Å². The fraction of sp³-hybridized carbons (Fsp3) is 0.933. The Morgan fingerprint density at radius 1 is 1.04 bits per heavy atom. The zero-order valence-corrected chi connectivity index (χ0v) is 14.8. The molecule has 2 fully saturated rings. The van der Waals surface area contributed by atoms with Gasteiger partial charge in [-0.25, -0.2) is 0 Å². The quantitative estimate of drug-likeness (QED) is 0.280. The first-order valence-electron chi connectivity index (χ1n) is 8.30. The second-order valence-corrected chi connectivity index (χ2v) is 6.46. The van der Waals surface area contributed by atoms with E-state index in [1.165, 1.54) is 21.0 Å². The summed E-state index contributed by atoms with van der Waals surface area (Å²) in [4.78, 5) is 11.4. The number of carbonyl (C=O) groups is 1. The molecule has 11 nitrogen and oxygen atoms in total. The fourth-order valence-corrected chi connectivity index (χ4v) is 3.11. The number of hydrogen-bond donors (Lipinski definition) is 6. The summed E-state index contributed by atoms with van der Waals surface area (Å²) >= 11 is 0. The highest BCUT2D eigenvalue weighted by atomic mass is 16.7. The molecule has 0 aromatic rings. The van der Waals surface area contributed by atoms with E-state index in [0.29, 0.717) is 0 Å². The van der Waals surface area contributed by atoms with E-state index in [1.54, 1.807) is 0 Å². The number of aliphatic hydroxyl groups excluding tert-OH is 5. The third-order valence-corrected chi connectivity index (χ3v) is 4.55. The lowest BCUT2D eigenvalue weighted by Gasteiger charge is -2.46. The molecule has 2 rings (SSSR count). The van der Waals surface area contributed by atoms with Gasteiger partial charge in [-0.3, -0.25) is 4.79 Å². The van der Waals surface area contributed by atoms with E-state index in [1.807, 2.05) is 0 Å². The average Bonchev–Trinajstić information content (AvgIpc) is 2.60. The Hall–Kier alpha value is -0.890. The summed E-state index contributed by atoms with van der Waals surface area (Å²) in [5.41, 5.74) is 0. The van der Waals surface area contributed by atoms with Gasteiger partial charge in [-0.1, -0.05) is 0 Å². The lowest BCUT2D eigenvalue weighted by Crippen LogP contribution is -2.67. The second kappa shape index (κ2) is 8.87. The predicted octanol–water partition coefficient (Wildman–Crippen LogP) is -3.57. The van der Waals surface area contributed by atoms with Gasteiger partial charge in [0, 0.05) is 14.0 Å². The Balaban J connectivity index is 2.18. The summed E-state index contributed by atoms with van der Waals surface area (Å²) in [6, 6.07) is -1.00. The molecule has 2 heterocycles. The third-order valence-electron chi connectivity index (χ3n) is 4.55. The normalized spacial score (nSPS) is 46.8. The van der Waals surface area contributed by atoms with Crippen LogP contribution in [0.1, 0.15) is 13.8 Å². The van der Waals surface area contributed by atoms with E-state index >= 15 is 0 Å². The van der Waals surface area contributed by atoms with Crippen molar-refractivity contribution >= 4 is 5.91 Å². The molecule has 2 aliphatic heterocycles. The van der Waals surface area contributed by atoms with Crippen LogP contribution in [0.5, 0.6) is 0 Å². The first kappa shape index (κ1) is 21.4. The van der Waals surface area contributed by atoms with Gasteiger partial charge in [-0.05, 0) is 6.92 Å². The molecule has 10 atom stereocenters. The van der Waals surface area contributed by atoms with Crippen LogP contribution in [0.2, 0.25) is 0 Å². The molecular formula is C15H27NO10. The third kappa shape index (κ3) is 4.32. The number of ether oxygens (including phenoxy) is 4. The van der Waals surface area contributed by atoms with Gasteiger partial charge in [0.15, 0.2) is 12.6 Å². The van der Waals surface area contributed by atoms with Crippen molar-refractivity contribution in [1.82, 2.24) is 5.32 Å². The molecule has 0 radical (unpaired) electrons. The molecule has 0 aromatic carbocycles. The Bertz CT molecular complexity index is 479. The van der Waals surface area contributed by atoms with Crippen LogP contribution in [-0.2, 0) is 23.7 Å². The van der Waals surface area contributed by atoms with Crippen LogP contribution < -0.4 is 5.32 Å². The SMILES string of the molecule is CO[C@@H]1O[C@H](CO)[C@@H](O[C@H]2O[C@H](C)[C@H](O)[C@H](O)[C@H]2O)[C@H](O)[C@H]1NC(C)=O. The molecule has 0 aromatic heterocycles. The molecular weight excluding hydrogens is 354 g/mol. The van der Waals surface area contributed by atoms with Crippen LogP contribution in [0.25, 0.3) is 0 Å². The van der Waals surface area contributed by atoms with E-state index in [9.17, 15) is 30.3 Å². The van der Waals surface area contributed by atoms with E-state index in [4.69, 9.17) is 18.9 Å². The molecule has 0 saturated carbocycles. The van der Waals surface area contributed by atoms with Crippen molar-refractivity contribution in [1.29, 1.82) is 0 Å². The van der Waals surface area contributed by atoms with Crippen LogP contribution >= 0.6 is 0 Å². The molecule has 6 N–H and O–H groups in total. The number of aliphatic hydroxyl groups is 5. The topological polar surface area (TPSA) is 167 Å². The molecule has 11 heteroatoms. The van der Waals surface area contributed by atoms with E-state index in [2.05, 4.69) is 5.32 Å².